The van der Waals surface area contributed by atoms with Crippen LogP contribution in [0.2, 0.25) is 0 Å². The molecule has 5 saturated carbocycles. The molecule has 0 radical (unpaired) electrons. The van der Waals surface area contributed by atoms with Crippen LogP contribution < -0.4 is 15.9 Å². The molecular formula is C64H87BN2O. The molecule has 2 heterocycles. The molecule has 0 spiro atoms. The number of rotatable bonds is 14. The van der Waals surface area contributed by atoms with Crippen LogP contribution in [0, 0.1) is 51.2 Å². The predicted octanol–water partition coefficient (Wildman–Crippen LogP) is 17.0. The van der Waals surface area contributed by atoms with Crippen molar-refractivity contribution in [2.75, 3.05) is 4.90 Å². The van der Waals surface area contributed by atoms with Crippen LogP contribution in [-0.2, 0) is 5.41 Å². The van der Waals surface area contributed by atoms with Gasteiger partial charge in [-0.1, -0.05) is 150 Å². The SMILES string of the molecule is C=C/C=C\C(=C)/C(C)=C\N/C=C1\B(/C=C/CC2C(=C)C(C)(C)CCC2(C)C)c2oc3ccc(C(C)(C)C)cc3c2N(/C=C/C2=C(C=C)C(C)CCC2(C)C)C1CC(=C)C12CC3CC(CC(C3)C1)C2. The Balaban J connectivity index is 1.35. The molecule has 3 nitrogen and oxygen atoms in total. The summed E-state index contributed by atoms with van der Waals surface area (Å²) in [6.45, 7) is 48.6. The van der Waals surface area contributed by atoms with Gasteiger partial charge in [-0.3, -0.25) is 0 Å². The van der Waals surface area contributed by atoms with Crippen molar-refractivity contribution in [3.63, 3.8) is 0 Å². The van der Waals surface area contributed by atoms with Crippen LogP contribution in [0.3, 0.4) is 0 Å². The fourth-order valence-corrected chi connectivity index (χ4v) is 14.2. The Bertz CT molecular complexity index is 2490. The van der Waals surface area contributed by atoms with E-state index in [0.717, 1.165) is 59.4 Å². The average Bonchev–Trinajstić information content (AvgIpc) is 3.65. The lowest BCUT2D eigenvalue weighted by molar-refractivity contribution is -0.0320. The Morgan fingerprint density at radius 2 is 1.62 bits per heavy atom. The van der Waals surface area contributed by atoms with Crippen LogP contribution in [0.25, 0.3) is 11.0 Å². The molecule has 68 heavy (non-hydrogen) atoms. The topological polar surface area (TPSA) is 28.4 Å². The van der Waals surface area contributed by atoms with Crippen molar-refractivity contribution in [3.05, 3.63) is 157 Å². The highest BCUT2D eigenvalue weighted by atomic mass is 16.3. The minimum Gasteiger partial charge on any atom is -0.468 e. The molecule has 3 unspecified atom stereocenters. The molecule has 362 valence electrons. The second-order valence-corrected chi connectivity index (χ2v) is 25.8. The Morgan fingerprint density at radius 1 is 0.941 bits per heavy atom. The van der Waals surface area contributed by atoms with Crippen LogP contribution in [0.4, 0.5) is 5.69 Å². The molecule has 5 fully saturated rings. The highest BCUT2D eigenvalue weighted by Crippen LogP contribution is 2.63. The number of benzene rings is 1. The normalized spacial score (nSPS) is 30.6. The number of nitrogens with zero attached hydrogens (tertiary/aromatic N) is 1. The van der Waals surface area contributed by atoms with Crippen LogP contribution in [0.15, 0.2) is 155 Å². The zero-order valence-corrected chi connectivity index (χ0v) is 44.4. The third-order valence-electron chi connectivity index (χ3n) is 18.6. The van der Waals surface area contributed by atoms with Crippen LogP contribution in [0.1, 0.15) is 159 Å². The Labute approximate surface area is 414 Å². The van der Waals surface area contributed by atoms with E-state index in [9.17, 15) is 0 Å². The third-order valence-corrected chi connectivity index (χ3v) is 18.6. The van der Waals surface area contributed by atoms with E-state index >= 15 is 0 Å². The molecule has 4 bridgehead atoms. The summed E-state index contributed by atoms with van der Waals surface area (Å²) in [7, 11) is 0. The summed E-state index contributed by atoms with van der Waals surface area (Å²) in [6, 6.07) is 6.93. The molecule has 1 N–H and O–H groups in total. The van der Waals surface area contributed by atoms with E-state index in [0.29, 0.717) is 11.8 Å². The van der Waals surface area contributed by atoms with Crippen molar-refractivity contribution in [3.8, 4) is 0 Å². The number of anilines is 1. The minimum atomic E-state index is -0.110. The summed E-state index contributed by atoms with van der Waals surface area (Å²) in [6.07, 6.45) is 34.4. The zero-order chi connectivity index (χ0) is 49.1. The van der Waals surface area contributed by atoms with Crippen molar-refractivity contribution in [2.45, 2.75) is 165 Å². The highest BCUT2D eigenvalue weighted by molar-refractivity contribution is 6.85. The van der Waals surface area contributed by atoms with Gasteiger partial charge in [-0.2, -0.15) is 0 Å². The van der Waals surface area contributed by atoms with Crippen molar-refractivity contribution in [1.82, 2.24) is 5.32 Å². The van der Waals surface area contributed by atoms with Crippen molar-refractivity contribution >= 4 is 29.0 Å². The standard InChI is InChI=1S/C64H87BN2O/c1-17-19-21-42(3)44(5)40-66-41-55-56(32-45(6)64-37-47-33-48(38-64)35-49(34-47)39-64)67(31-26-54-51(18-2)43(4)25-27-62(54,13)14)58-52-36-50(60(8,9)10)23-24-57(52)68-59(58)65(55)30-20-22-53-46(7)61(11,12)28-29-63(53,15)16/h17-21,23-24,26,30-31,36,40-41,43,47-49,53,56,66H,1-3,6-7,22,25,27-29,32-35,37-39H2,4-5,8-16H3/b21-19-,30-20+,31-26+,44-40-,55-41-. The molecule has 1 aromatic heterocycles. The number of fused-ring (bicyclic) bond motifs is 3. The molecule has 6 aliphatic carbocycles. The molecule has 7 aliphatic rings. The summed E-state index contributed by atoms with van der Waals surface area (Å²) < 4.78 is 7.31. The average molecular weight is 911 g/mol. The molecule has 3 atom stereocenters. The second-order valence-electron chi connectivity index (χ2n) is 25.8. The monoisotopic (exact) mass is 911 g/mol. The van der Waals surface area contributed by atoms with Gasteiger partial charge in [0.2, 0.25) is 0 Å². The zero-order valence-electron chi connectivity index (χ0n) is 44.4. The maximum absolute atomic E-state index is 7.31. The maximum atomic E-state index is 7.31. The molecule has 4 heteroatoms. The van der Waals surface area contributed by atoms with E-state index in [1.807, 2.05) is 12.2 Å². The Morgan fingerprint density at radius 3 is 2.25 bits per heavy atom. The van der Waals surface area contributed by atoms with Gasteiger partial charge >= 0.3 is 0 Å². The molecule has 0 amide bonds. The molecule has 0 saturated heterocycles. The van der Waals surface area contributed by atoms with Gasteiger partial charge in [-0.15, -0.1) is 5.98 Å². The number of furan rings is 1. The van der Waals surface area contributed by atoms with Crippen molar-refractivity contribution in [2.24, 2.45) is 51.2 Å². The van der Waals surface area contributed by atoms with Crippen LogP contribution in [0.5, 0.6) is 0 Å². The molecule has 1 aromatic carbocycles. The van der Waals surface area contributed by atoms with E-state index in [1.165, 1.54) is 102 Å². The number of hydrogen-bond donors (Lipinski definition) is 1. The van der Waals surface area contributed by atoms with Gasteiger partial charge in [0.25, 0.3) is 6.71 Å². The summed E-state index contributed by atoms with van der Waals surface area (Å²) in [4.78, 5) is 2.64. The third kappa shape index (κ3) is 9.58. The van der Waals surface area contributed by atoms with Gasteiger partial charge in [-0.25, -0.2) is 0 Å². The lowest BCUT2D eigenvalue weighted by Crippen LogP contribution is -2.52. The summed E-state index contributed by atoms with van der Waals surface area (Å²) in [5, 5.41) is 4.96. The van der Waals surface area contributed by atoms with E-state index < -0.39 is 0 Å². The molecule has 9 rings (SSSR count). The first-order chi connectivity index (χ1) is 32.0. The Hall–Kier alpha value is -4.44. The molecule has 1 aliphatic heterocycles. The van der Waals surface area contributed by atoms with Gasteiger partial charge in [0.15, 0.2) is 0 Å². The summed E-state index contributed by atoms with van der Waals surface area (Å²) >= 11 is 0. The van der Waals surface area contributed by atoms with E-state index in [-0.39, 0.29) is 39.8 Å². The largest absolute Gasteiger partial charge is 0.468 e. The lowest BCUT2D eigenvalue weighted by atomic mass is 9.38. The highest BCUT2D eigenvalue weighted by Gasteiger charge is 2.53. The minimum absolute atomic E-state index is 0.0169. The fraction of sp³-hybridized carbons (Fsp3) is 0.531. The Kier molecular flexibility index (Phi) is 13.8. The van der Waals surface area contributed by atoms with E-state index in [2.05, 4.69) is 167 Å². The van der Waals surface area contributed by atoms with E-state index in [4.69, 9.17) is 17.6 Å². The summed E-state index contributed by atoms with van der Waals surface area (Å²) in [5.41, 5.74) is 13.9. The molecule has 2 aromatic rings. The smallest absolute Gasteiger partial charge is 0.282 e. The van der Waals surface area contributed by atoms with E-state index in [1.54, 1.807) is 6.08 Å². The van der Waals surface area contributed by atoms with Gasteiger partial charge in [0.1, 0.15) is 5.58 Å². The van der Waals surface area contributed by atoms with Crippen molar-refractivity contribution < 1.29 is 4.42 Å². The van der Waals surface area contributed by atoms with Gasteiger partial charge in [-0.05, 0) is 198 Å². The summed E-state index contributed by atoms with van der Waals surface area (Å²) in [5.74, 6) is 5.87. The molecular weight excluding hydrogens is 824 g/mol. The second kappa shape index (κ2) is 18.7. The number of hydrogen-bond acceptors (Lipinski definition) is 3. The lowest BCUT2D eigenvalue weighted by Gasteiger charge is -2.58. The fourth-order valence-electron chi connectivity index (χ4n) is 14.2. The van der Waals surface area contributed by atoms with Crippen LogP contribution in [-0.4, -0.2) is 12.8 Å². The number of allylic oxidation sites excluding steroid dienone is 11. The number of nitrogens with one attached hydrogen (secondary N) is 1. The first-order valence-corrected chi connectivity index (χ1v) is 26.5. The van der Waals surface area contributed by atoms with Gasteiger partial charge < -0.3 is 14.6 Å². The first-order valence-electron chi connectivity index (χ1n) is 26.5. The van der Waals surface area contributed by atoms with Crippen molar-refractivity contribution in [1.29, 1.82) is 0 Å². The van der Waals surface area contributed by atoms with Gasteiger partial charge in [0.05, 0.1) is 17.4 Å². The van der Waals surface area contributed by atoms with Gasteiger partial charge in [0, 0.05) is 17.8 Å². The van der Waals surface area contributed by atoms with Crippen LogP contribution >= 0.6 is 0 Å². The first kappa shape index (κ1) is 50.0. The quantitative estimate of drug-likeness (QED) is 0.116. The predicted molar refractivity (Wildman–Crippen MR) is 296 cm³/mol. The maximum Gasteiger partial charge on any atom is 0.282 e.